The summed E-state index contributed by atoms with van der Waals surface area (Å²) in [4.78, 5) is 14.5. The highest BCUT2D eigenvalue weighted by Gasteiger charge is 2.24. The van der Waals surface area contributed by atoms with Gasteiger partial charge in [0.1, 0.15) is 0 Å². The minimum absolute atomic E-state index is 0.0275. The second kappa shape index (κ2) is 8.79. The van der Waals surface area contributed by atoms with E-state index in [0.29, 0.717) is 31.7 Å². The first kappa shape index (κ1) is 16.8. The van der Waals surface area contributed by atoms with Crippen LogP contribution in [0.25, 0.3) is 0 Å². The van der Waals surface area contributed by atoms with Crippen molar-refractivity contribution in [3.63, 3.8) is 0 Å². The summed E-state index contributed by atoms with van der Waals surface area (Å²) in [5, 5.41) is 3.23. The van der Waals surface area contributed by atoms with Gasteiger partial charge < -0.3 is 15.0 Å². The number of carbonyl (C=O) groups is 1. The summed E-state index contributed by atoms with van der Waals surface area (Å²) >= 11 is 0. The van der Waals surface area contributed by atoms with Gasteiger partial charge in [0, 0.05) is 26.2 Å². The number of hydrogen-bond acceptors (Lipinski definition) is 2. The molecule has 1 fully saturated rings. The van der Waals surface area contributed by atoms with E-state index in [9.17, 15) is 4.79 Å². The van der Waals surface area contributed by atoms with Crippen molar-refractivity contribution in [2.45, 2.75) is 45.2 Å². The average Bonchev–Trinajstić information content (AvgIpc) is 2.54. The van der Waals surface area contributed by atoms with Gasteiger partial charge in [-0.1, -0.05) is 50.1 Å². The molecule has 2 atom stereocenters. The summed E-state index contributed by atoms with van der Waals surface area (Å²) in [7, 11) is 1.67. The lowest BCUT2D eigenvalue weighted by Crippen LogP contribution is -2.48. The number of nitrogens with zero attached hydrogens (tertiary/aromatic N) is 1. The molecular formula is C18H28N2O2. The number of benzene rings is 1. The Balaban J connectivity index is 1.96. The molecule has 0 spiro atoms. The maximum absolute atomic E-state index is 12.6. The van der Waals surface area contributed by atoms with Crippen molar-refractivity contribution in [1.82, 2.24) is 10.2 Å². The van der Waals surface area contributed by atoms with Gasteiger partial charge in [0.25, 0.3) is 0 Å². The minimum atomic E-state index is 0.0275. The van der Waals surface area contributed by atoms with Gasteiger partial charge >= 0.3 is 6.03 Å². The van der Waals surface area contributed by atoms with E-state index < -0.39 is 0 Å². The molecule has 0 saturated heterocycles. The highest BCUT2D eigenvalue weighted by Crippen LogP contribution is 2.24. The maximum atomic E-state index is 12.6. The normalized spacial score (nSPS) is 21.4. The van der Waals surface area contributed by atoms with E-state index in [1.54, 1.807) is 7.11 Å². The number of rotatable bonds is 6. The van der Waals surface area contributed by atoms with Crippen LogP contribution < -0.4 is 5.32 Å². The van der Waals surface area contributed by atoms with Crippen LogP contribution in [0, 0.1) is 5.92 Å². The summed E-state index contributed by atoms with van der Waals surface area (Å²) in [6.07, 6.45) is 4.80. The number of hydrogen-bond donors (Lipinski definition) is 1. The van der Waals surface area contributed by atoms with E-state index in [0.717, 1.165) is 12.0 Å². The molecule has 1 aliphatic carbocycles. The molecule has 2 rings (SSSR count). The lowest BCUT2D eigenvalue weighted by molar-refractivity contribution is 0.140. The SMILES string of the molecule is COCCN(Cc1ccccc1)C(=O)NC1CCCCC1C. The van der Waals surface area contributed by atoms with Gasteiger partial charge in [0.15, 0.2) is 0 Å². The van der Waals surface area contributed by atoms with Crippen LogP contribution in [-0.2, 0) is 11.3 Å². The average molecular weight is 304 g/mol. The molecule has 0 heterocycles. The highest BCUT2D eigenvalue weighted by atomic mass is 16.5. The Morgan fingerprint density at radius 2 is 2.00 bits per heavy atom. The Morgan fingerprint density at radius 3 is 2.68 bits per heavy atom. The quantitative estimate of drug-likeness (QED) is 0.875. The lowest BCUT2D eigenvalue weighted by Gasteiger charge is -2.32. The summed E-state index contributed by atoms with van der Waals surface area (Å²) in [6.45, 7) is 4.02. The van der Waals surface area contributed by atoms with Crippen LogP contribution in [0.1, 0.15) is 38.2 Å². The first-order valence-electron chi connectivity index (χ1n) is 8.29. The van der Waals surface area contributed by atoms with Crippen molar-refractivity contribution in [3.8, 4) is 0 Å². The third-order valence-electron chi connectivity index (χ3n) is 4.49. The van der Waals surface area contributed by atoms with Crippen LogP contribution in [0.5, 0.6) is 0 Å². The number of carbonyl (C=O) groups excluding carboxylic acids is 1. The zero-order valence-electron chi connectivity index (χ0n) is 13.8. The number of urea groups is 1. The van der Waals surface area contributed by atoms with Crippen LogP contribution in [-0.4, -0.2) is 37.2 Å². The molecule has 4 nitrogen and oxygen atoms in total. The summed E-state index contributed by atoms with van der Waals surface area (Å²) < 4.78 is 5.15. The first-order chi connectivity index (χ1) is 10.7. The van der Waals surface area contributed by atoms with Crippen molar-refractivity contribution in [1.29, 1.82) is 0 Å². The fourth-order valence-electron chi connectivity index (χ4n) is 3.04. The van der Waals surface area contributed by atoms with E-state index in [1.807, 2.05) is 23.1 Å². The van der Waals surface area contributed by atoms with Crippen LogP contribution in [0.3, 0.4) is 0 Å². The third kappa shape index (κ3) is 5.02. The molecule has 0 aliphatic heterocycles. The summed E-state index contributed by atoms with van der Waals surface area (Å²) in [5.74, 6) is 0.568. The summed E-state index contributed by atoms with van der Waals surface area (Å²) in [6, 6.07) is 10.4. The van der Waals surface area contributed by atoms with Crippen LogP contribution in [0.4, 0.5) is 4.79 Å². The molecule has 1 N–H and O–H groups in total. The Bertz CT molecular complexity index is 450. The van der Waals surface area contributed by atoms with Crippen LogP contribution in [0.15, 0.2) is 30.3 Å². The Morgan fingerprint density at radius 1 is 1.27 bits per heavy atom. The van der Waals surface area contributed by atoms with Gasteiger partial charge in [-0.15, -0.1) is 0 Å². The Kier molecular flexibility index (Phi) is 6.72. The zero-order valence-corrected chi connectivity index (χ0v) is 13.8. The summed E-state index contributed by atoms with van der Waals surface area (Å²) in [5.41, 5.74) is 1.14. The van der Waals surface area contributed by atoms with E-state index in [1.165, 1.54) is 19.3 Å². The zero-order chi connectivity index (χ0) is 15.8. The predicted octanol–water partition coefficient (Wildman–Crippen LogP) is 3.42. The van der Waals surface area contributed by atoms with Crippen molar-refractivity contribution in [2.24, 2.45) is 5.92 Å². The molecule has 0 radical (unpaired) electrons. The van der Waals surface area contributed by atoms with Gasteiger partial charge in [0.2, 0.25) is 0 Å². The molecule has 1 aliphatic rings. The molecule has 0 aromatic heterocycles. The van der Waals surface area contributed by atoms with Gasteiger partial charge in [0.05, 0.1) is 6.61 Å². The van der Waals surface area contributed by atoms with E-state index in [4.69, 9.17) is 4.74 Å². The number of nitrogens with one attached hydrogen (secondary N) is 1. The number of amides is 2. The molecule has 0 bridgehead atoms. The van der Waals surface area contributed by atoms with E-state index >= 15 is 0 Å². The number of methoxy groups -OCH3 is 1. The predicted molar refractivity (Wildman–Crippen MR) is 88.7 cm³/mol. The molecule has 4 heteroatoms. The Hall–Kier alpha value is -1.55. The number of ether oxygens (including phenoxy) is 1. The fraction of sp³-hybridized carbons (Fsp3) is 0.611. The largest absolute Gasteiger partial charge is 0.383 e. The molecule has 1 saturated carbocycles. The van der Waals surface area contributed by atoms with Gasteiger partial charge in [-0.2, -0.15) is 0 Å². The molecule has 2 unspecified atom stereocenters. The first-order valence-corrected chi connectivity index (χ1v) is 8.29. The standard InChI is InChI=1S/C18H28N2O2/c1-15-8-6-7-11-17(15)19-18(21)20(12-13-22-2)14-16-9-4-3-5-10-16/h3-5,9-10,15,17H,6-8,11-14H2,1-2H3,(H,19,21). The second-order valence-corrected chi connectivity index (χ2v) is 6.22. The molecule has 22 heavy (non-hydrogen) atoms. The lowest BCUT2D eigenvalue weighted by atomic mass is 9.86. The van der Waals surface area contributed by atoms with Crippen LogP contribution in [0.2, 0.25) is 0 Å². The van der Waals surface area contributed by atoms with E-state index in [-0.39, 0.29) is 6.03 Å². The molecule has 1 aromatic rings. The monoisotopic (exact) mass is 304 g/mol. The highest BCUT2D eigenvalue weighted by molar-refractivity contribution is 5.74. The van der Waals surface area contributed by atoms with Crippen molar-refractivity contribution < 1.29 is 9.53 Å². The molecular weight excluding hydrogens is 276 g/mol. The van der Waals surface area contributed by atoms with Crippen LogP contribution >= 0.6 is 0 Å². The third-order valence-corrected chi connectivity index (χ3v) is 4.49. The molecule has 122 valence electrons. The molecule has 1 aromatic carbocycles. The van der Waals surface area contributed by atoms with Crippen molar-refractivity contribution in [2.75, 3.05) is 20.3 Å². The van der Waals surface area contributed by atoms with Gasteiger partial charge in [-0.3, -0.25) is 0 Å². The maximum Gasteiger partial charge on any atom is 0.318 e. The minimum Gasteiger partial charge on any atom is -0.383 e. The Labute approximate surface area is 133 Å². The fourth-order valence-corrected chi connectivity index (χ4v) is 3.04. The second-order valence-electron chi connectivity index (χ2n) is 6.22. The van der Waals surface area contributed by atoms with Gasteiger partial charge in [-0.05, 0) is 24.3 Å². The topological polar surface area (TPSA) is 41.6 Å². The van der Waals surface area contributed by atoms with Crippen molar-refractivity contribution >= 4 is 6.03 Å². The van der Waals surface area contributed by atoms with Crippen molar-refractivity contribution in [3.05, 3.63) is 35.9 Å². The van der Waals surface area contributed by atoms with Gasteiger partial charge in [-0.25, -0.2) is 4.79 Å². The smallest absolute Gasteiger partial charge is 0.318 e. The molecule has 2 amide bonds. The van der Waals surface area contributed by atoms with E-state index in [2.05, 4.69) is 24.4 Å².